The first-order valence-corrected chi connectivity index (χ1v) is 6.91. The summed E-state index contributed by atoms with van der Waals surface area (Å²) in [6, 6.07) is 7.30. The van der Waals surface area contributed by atoms with Crippen LogP contribution in [0.4, 0.5) is 5.69 Å². The highest BCUT2D eigenvalue weighted by Gasteiger charge is 2.34. The molecular formula is C15H20N2O3. The zero-order chi connectivity index (χ0) is 14.7. The van der Waals surface area contributed by atoms with E-state index in [1.165, 1.54) is 6.92 Å². The molecule has 2 amide bonds. The van der Waals surface area contributed by atoms with Crippen molar-refractivity contribution in [3.8, 4) is 5.75 Å². The van der Waals surface area contributed by atoms with Gasteiger partial charge in [0.15, 0.2) is 6.10 Å². The van der Waals surface area contributed by atoms with Crippen LogP contribution in [-0.4, -0.2) is 42.5 Å². The fourth-order valence-corrected chi connectivity index (χ4v) is 2.40. The van der Waals surface area contributed by atoms with Crippen molar-refractivity contribution in [1.29, 1.82) is 0 Å². The summed E-state index contributed by atoms with van der Waals surface area (Å²) in [5.41, 5.74) is 0.726. The molecule has 0 bridgehead atoms. The molecule has 0 fully saturated rings. The number of ether oxygens (including phenoxy) is 1. The van der Waals surface area contributed by atoms with Gasteiger partial charge >= 0.3 is 0 Å². The lowest BCUT2D eigenvalue weighted by atomic mass is 10.1. The summed E-state index contributed by atoms with van der Waals surface area (Å²) >= 11 is 0. The highest BCUT2D eigenvalue weighted by atomic mass is 16.5. The molecule has 0 aliphatic carbocycles. The first-order chi connectivity index (χ1) is 9.58. The summed E-state index contributed by atoms with van der Waals surface area (Å²) in [6.07, 6.45) is -0.631. The number of anilines is 1. The predicted molar refractivity (Wildman–Crippen MR) is 76.8 cm³/mol. The van der Waals surface area contributed by atoms with Gasteiger partial charge in [0.25, 0.3) is 5.91 Å². The minimum Gasteiger partial charge on any atom is -0.476 e. The highest BCUT2D eigenvalue weighted by molar-refractivity contribution is 5.95. The first-order valence-electron chi connectivity index (χ1n) is 6.91. The summed E-state index contributed by atoms with van der Waals surface area (Å²) in [5.74, 6) is 0.424. The Balaban J connectivity index is 2.28. The summed E-state index contributed by atoms with van der Waals surface area (Å²) in [7, 11) is 0. The summed E-state index contributed by atoms with van der Waals surface area (Å²) in [4.78, 5) is 27.5. The number of hydrogen-bond donors (Lipinski definition) is 0. The second-order valence-corrected chi connectivity index (χ2v) is 4.71. The molecule has 0 aromatic heterocycles. The lowest BCUT2D eigenvalue weighted by molar-refractivity contribution is -0.138. The van der Waals surface area contributed by atoms with E-state index in [4.69, 9.17) is 4.74 Å². The molecule has 0 saturated carbocycles. The number of para-hydroxylation sites is 2. The molecule has 1 heterocycles. The molecule has 1 aliphatic heterocycles. The van der Waals surface area contributed by atoms with Gasteiger partial charge in [-0.15, -0.1) is 0 Å². The summed E-state index contributed by atoms with van der Waals surface area (Å²) in [5, 5.41) is 0. The zero-order valence-electron chi connectivity index (χ0n) is 12.1. The van der Waals surface area contributed by atoms with Gasteiger partial charge in [-0.3, -0.25) is 9.59 Å². The van der Waals surface area contributed by atoms with E-state index in [1.54, 1.807) is 15.9 Å². The third-order valence-electron chi connectivity index (χ3n) is 3.50. The van der Waals surface area contributed by atoms with Crippen molar-refractivity contribution >= 4 is 17.5 Å². The van der Waals surface area contributed by atoms with Gasteiger partial charge < -0.3 is 14.5 Å². The van der Waals surface area contributed by atoms with E-state index < -0.39 is 6.10 Å². The number of fused-ring (bicyclic) bond motifs is 1. The normalized spacial score (nSPS) is 17.1. The molecule has 0 spiro atoms. The number of carbonyl (C=O) groups excluding carboxylic acids is 2. The number of benzene rings is 1. The van der Waals surface area contributed by atoms with Crippen molar-refractivity contribution in [3.05, 3.63) is 24.3 Å². The number of likely N-dealkylation sites (N-methyl/N-ethyl adjacent to an activating group) is 1. The van der Waals surface area contributed by atoms with Crippen molar-refractivity contribution in [1.82, 2.24) is 4.90 Å². The Kier molecular flexibility index (Phi) is 4.27. The van der Waals surface area contributed by atoms with Crippen LogP contribution in [0.15, 0.2) is 24.3 Å². The van der Waals surface area contributed by atoms with Crippen LogP contribution in [0.3, 0.4) is 0 Å². The molecule has 20 heavy (non-hydrogen) atoms. The quantitative estimate of drug-likeness (QED) is 0.844. The standard InChI is InChI=1S/C15H20N2O3/c1-4-16(5-2)15(19)14-10-17(11(3)18)12-8-6-7-9-13(12)20-14/h6-9,14H,4-5,10H2,1-3H3. The van der Waals surface area contributed by atoms with Gasteiger partial charge in [-0.1, -0.05) is 12.1 Å². The zero-order valence-corrected chi connectivity index (χ0v) is 12.1. The average Bonchev–Trinajstić information content (AvgIpc) is 2.47. The van der Waals surface area contributed by atoms with E-state index in [2.05, 4.69) is 0 Å². The second-order valence-electron chi connectivity index (χ2n) is 4.71. The van der Waals surface area contributed by atoms with E-state index in [0.29, 0.717) is 18.8 Å². The molecule has 1 aliphatic rings. The van der Waals surface area contributed by atoms with Gasteiger partial charge in [0.1, 0.15) is 5.75 Å². The molecule has 1 atom stereocenters. The van der Waals surface area contributed by atoms with Crippen molar-refractivity contribution in [2.24, 2.45) is 0 Å². The van der Waals surface area contributed by atoms with Gasteiger partial charge in [-0.2, -0.15) is 0 Å². The fourth-order valence-electron chi connectivity index (χ4n) is 2.40. The largest absolute Gasteiger partial charge is 0.476 e. The Morgan fingerprint density at radius 2 is 1.95 bits per heavy atom. The van der Waals surface area contributed by atoms with Crippen molar-refractivity contribution in [2.45, 2.75) is 26.9 Å². The molecule has 5 nitrogen and oxygen atoms in total. The number of carbonyl (C=O) groups is 2. The monoisotopic (exact) mass is 276 g/mol. The van der Waals surface area contributed by atoms with Gasteiger partial charge in [0, 0.05) is 20.0 Å². The van der Waals surface area contributed by atoms with Crippen LogP contribution in [0.25, 0.3) is 0 Å². The first kappa shape index (κ1) is 14.4. The molecule has 2 rings (SSSR count). The van der Waals surface area contributed by atoms with Gasteiger partial charge in [0.2, 0.25) is 5.91 Å². The minimum absolute atomic E-state index is 0.0734. The molecule has 0 saturated heterocycles. The molecule has 1 unspecified atom stereocenters. The fraction of sp³-hybridized carbons (Fsp3) is 0.467. The van der Waals surface area contributed by atoms with E-state index in [0.717, 1.165) is 5.69 Å². The molecule has 1 aromatic rings. The Bertz CT molecular complexity index is 512. The van der Waals surface area contributed by atoms with Crippen molar-refractivity contribution in [2.75, 3.05) is 24.5 Å². The number of rotatable bonds is 3. The maximum absolute atomic E-state index is 12.4. The second kappa shape index (κ2) is 5.94. The smallest absolute Gasteiger partial charge is 0.265 e. The van der Waals surface area contributed by atoms with Crippen LogP contribution in [0.1, 0.15) is 20.8 Å². The molecule has 0 N–H and O–H groups in total. The molecule has 1 aromatic carbocycles. The van der Waals surface area contributed by atoms with Gasteiger partial charge in [0.05, 0.1) is 12.2 Å². The predicted octanol–water partition coefficient (Wildman–Crippen LogP) is 1.67. The van der Waals surface area contributed by atoms with Crippen LogP contribution in [-0.2, 0) is 9.59 Å². The van der Waals surface area contributed by atoms with Crippen LogP contribution < -0.4 is 9.64 Å². The Hall–Kier alpha value is -2.04. The number of nitrogens with zero attached hydrogens (tertiary/aromatic N) is 2. The van der Waals surface area contributed by atoms with E-state index in [1.807, 2.05) is 32.0 Å². The van der Waals surface area contributed by atoms with Gasteiger partial charge in [-0.25, -0.2) is 0 Å². The van der Waals surface area contributed by atoms with Crippen LogP contribution >= 0.6 is 0 Å². The third-order valence-corrected chi connectivity index (χ3v) is 3.50. The SMILES string of the molecule is CCN(CC)C(=O)C1CN(C(C)=O)c2ccccc2O1. The lowest BCUT2D eigenvalue weighted by Crippen LogP contribution is -2.51. The van der Waals surface area contributed by atoms with Crippen LogP contribution in [0, 0.1) is 0 Å². The number of hydrogen-bond acceptors (Lipinski definition) is 3. The Morgan fingerprint density at radius 1 is 1.30 bits per heavy atom. The highest BCUT2D eigenvalue weighted by Crippen LogP contribution is 2.33. The average molecular weight is 276 g/mol. The minimum atomic E-state index is -0.631. The van der Waals surface area contributed by atoms with Crippen LogP contribution in [0.2, 0.25) is 0 Å². The molecule has 0 radical (unpaired) electrons. The maximum Gasteiger partial charge on any atom is 0.265 e. The third kappa shape index (κ3) is 2.61. The van der Waals surface area contributed by atoms with E-state index >= 15 is 0 Å². The maximum atomic E-state index is 12.4. The van der Waals surface area contributed by atoms with Crippen molar-refractivity contribution in [3.63, 3.8) is 0 Å². The van der Waals surface area contributed by atoms with Crippen molar-refractivity contribution < 1.29 is 14.3 Å². The molecule has 108 valence electrons. The lowest BCUT2D eigenvalue weighted by Gasteiger charge is -2.35. The summed E-state index contributed by atoms with van der Waals surface area (Å²) in [6.45, 7) is 6.90. The topological polar surface area (TPSA) is 49.9 Å². The van der Waals surface area contributed by atoms with E-state index in [-0.39, 0.29) is 18.4 Å². The van der Waals surface area contributed by atoms with Crippen LogP contribution in [0.5, 0.6) is 5.75 Å². The van der Waals surface area contributed by atoms with Gasteiger partial charge in [-0.05, 0) is 26.0 Å². The van der Waals surface area contributed by atoms with E-state index in [9.17, 15) is 9.59 Å². The molecular weight excluding hydrogens is 256 g/mol. The molecule has 5 heteroatoms. The Labute approximate surface area is 119 Å². The number of amides is 2. The summed E-state index contributed by atoms with van der Waals surface area (Å²) < 4.78 is 5.77. The Morgan fingerprint density at radius 3 is 2.55 bits per heavy atom.